The second-order valence-corrected chi connectivity index (χ2v) is 9.07. The number of hydrogen-bond donors (Lipinski definition) is 2. The van der Waals surface area contributed by atoms with Crippen molar-refractivity contribution in [3.05, 3.63) is 73.3 Å². The van der Waals surface area contributed by atoms with Crippen molar-refractivity contribution in [2.75, 3.05) is 0 Å². The Hall–Kier alpha value is -2.29. The number of carbonyl (C=O) groups excluding carboxylic acids is 1. The van der Waals surface area contributed by atoms with Crippen LogP contribution < -0.4 is 5.32 Å². The Labute approximate surface area is 200 Å². The Morgan fingerprint density at radius 2 is 1.84 bits per heavy atom. The van der Waals surface area contributed by atoms with Gasteiger partial charge in [0.1, 0.15) is 16.8 Å². The zero-order valence-corrected chi connectivity index (χ0v) is 20.0. The number of amides is 1. The number of benzene rings is 2. The van der Waals surface area contributed by atoms with E-state index in [9.17, 15) is 18.4 Å². The van der Waals surface area contributed by atoms with Crippen molar-refractivity contribution >= 4 is 61.9 Å². The third kappa shape index (κ3) is 4.72. The molecule has 0 aliphatic carbocycles. The summed E-state index contributed by atoms with van der Waals surface area (Å²) in [4.78, 5) is 28.9. The first-order valence-corrected chi connectivity index (χ1v) is 10.9. The summed E-state index contributed by atoms with van der Waals surface area (Å²) in [6.45, 7) is 3.13. The van der Waals surface area contributed by atoms with Crippen LogP contribution in [0.5, 0.6) is 0 Å². The number of hydrogen-bond acceptors (Lipinski definition) is 3. The lowest BCUT2D eigenvalue weighted by atomic mass is 9.86. The van der Waals surface area contributed by atoms with Crippen molar-refractivity contribution in [1.29, 1.82) is 0 Å². The van der Waals surface area contributed by atoms with Crippen LogP contribution >= 0.6 is 39.1 Å². The summed E-state index contributed by atoms with van der Waals surface area (Å²) in [5.74, 6) is -3.58. The van der Waals surface area contributed by atoms with Crippen LogP contribution in [-0.2, 0) is 10.3 Å². The summed E-state index contributed by atoms with van der Waals surface area (Å²) < 4.78 is 29.3. The van der Waals surface area contributed by atoms with Gasteiger partial charge in [0.2, 0.25) is 0 Å². The summed E-state index contributed by atoms with van der Waals surface area (Å²) in [5, 5.41) is 12.1. The maximum atomic E-state index is 14.7. The van der Waals surface area contributed by atoms with Crippen molar-refractivity contribution in [3.8, 4) is 0 Å². The number of fused-ring (bicyclic) bond motifs is 1. The first-order chi connectivity index (χ1) is 14.9. The molecule has 10 heteroatoms. The molecule has 0 saturated heterocycles. The topological polar surface area (TPSA) is 79.3 Å². The highest BCUT2D eigenvalue weighted by atomic mass is 79.9. The zero-order chi connectivity index (χ0) is 23.8. The fourth-order valence-corrected chi connectivity index (χ4v) is 4.51. The molecule has 0 spiro atoms. The van der Waals surface area contributed by atoms with Gasteiger partial charge in [0.05, 0.1) is 21.6 Å². The van der Waals surface area contributed by atoms with E-state index in [2.05, 4.69) is 26.2 Å². The van der Waals surface area contributed by atoms with Crippen LogP contribution in [0.15, 0.2) is 34.8 Å². The van der Waals surface area contributed by atoms with Gasteiger partial charge in [-0.05, 0) is 72.1 Å². The summed E-state index contributed by atoms with van der Waals surface area (Å²) in [6.07, 6.45) is -0.657. The average Bonchev–Trinajstić information content (AvgIpc) is 2.70. The first-order valence-electron chi connectivity index (χ1n) is 9.38. The van der Waals surface area contributed by atoms with Crippen LogP contribution in [-0.4, -0.2) is 22.0 Å². The molecule has 0 fully saturated rings. The number of rotatable bonds is 6. The van der Waals surface area contributed by atoms with Gasteiger partial charge < -0.3 is 10.4 Å². The number of aliphatic carboxylic acids is 1. The summed E-state index contributed by atoms with van der Waals surface area (Å²) in [6, 6.07) is 6.72. The molecule has 3 rings (SSSR count). The molecule has 0 aliphatic rings. The molecule has 2 aromatic carbocycles. The Balaban J connectivity index is 2.15. The van der Waals surface area contributed by atoms with Gasteiger partial charge in [-0.25, -0.2) is 13.8 Å². The van der Waals surface area contributed by atoms with E-state index in [-0.39, 0.29) is 22.7 Å². The maximum Gasteiger partial charge on any atom is 0.303 e. The number of pyridine rings is 1. The first kappa shape index (κ1) is 24.4. The minimum atomic E-state index is -1.63. The lowest BCUT2D eigenvalue weighted by Gasteiger charge is -2.32. The second-order valence-electron chi connectivity index (χ2n) is 7.48. The van der Waals surface area contributed by atoms with Gasteiger partial charge in [-0.3, -0.25) is 9.59 Å². The molecule has 1 heterocycles. The molecule has 1 amide bonds. The molecular formula is C22H17BrCl2F2N2O3. The summed E-state index contributed by atoms with van der Waals surface area (Å²) in [7, 11) is 0. The Morgan fingerprint density at radius 3 is 2.50 bits per heavy atom. The second kappa shape index (κ2) is 9.29. The molecule has 0 aliphatic heterocycles. The predicted molar refractivity (Wildman–Crippen MR) is 122 cm³/mol. The molecule has 5 nitrogen and oxygen atoms in total. The van der Waals surface area contributed by atoms with Gasteiger partial charge in [0.25, 0.3) is 5.91 Å². The molecule has 2 N–H and O–H groups in total. The number of carboxylic acid groups (broad SMARTS) is 1. The number of carbonyl (C=O) groups is 2. The van der Waals surface area contributed by atoms with Crippen molar-refractivity contribution in [2.45, 2.75) is 32.2 Å². The average molecular weight is 546 g/mol. The van der Waals surface area contributed by atoms with Crippen LogP contribution in [0.3, 0.4) is 0 Å². The molecule has 168 valence electrons. The van der Waals surface area contributed by atoms with Gasteiger partial charge in [0.15, 0.2) is 0 Å². The number of aryl methyl sites for hydroxylation is 1. The van der Waals surface area contributed by atoms with Gasteiger partial charge in [-0.2, -0.15) is 0 Å². The highest BCUT2D eigenvalue weighted by molar-refractivity contribution is 9.10. The third-order valence-electron chi connectivity index (χ3n) is 5.13. The van der Waals surface area contributed by atoms with E-state index < -0.39 is 40.5 Å². The minimum absolute atomic E-state index is 0.184. The molecule has 3 aromatic rings. The number of nitrogens with one attached hydrogen (secondary N) is 1. The van der Waals surface area contributed by atoms with Crippen LogP contribution in [0.2, 0.25) is 10.2 Å². The van der Waals surface area contributed by atoms with E-state index in [1.54, 1.807) is 25.1 Å². The monoisotopic (exact) mass is 544 g/mol. The van der Waals surface area contributed by atoms with E-state index in [0.717, 1.165) is 12.1 Å². The lowest BCUT2D eigenvalue weighted by molar-refractivity contribution is -0.137. The van der Waals surface area contributed by atoms with E-state index in [1.807, 2.05) is 0 Å². The maximum absolute atomic E-state index is 14.7. The predicted octanol–water partition coefficient (Wildman–Crippen LogP) is 6.40. The van der Waals surface area contributed by atoms with E-state index in [0.29, 0.717) is 20.9 Å². The highest BCUT2D eigenvalue weighted by Gasteiger charge is 2.36. The highest BCUT2D eigenvalue weighted by Crippen LogP contribution is 2.37. The molecular weight excluding hydrogens is 529 g/mol. The molecule has 32 heavy (non-hydrogen) atoms. The Kier molecular flexibility index (Phi) is 7.07. The van der Waals surface area contributed by atoms with Crippen LogP contribution in [0, 0.1) is 18.6 Å². The molecule has 0 bridgehead atoms. The van der Waals surface area contributed by atoms with Gasteiger partial charge in [0, 0.05) is 21.8 Å². The van der Waals surface area contributed by atoms with E-state index in [1.165, 1.54) is 6.92 Å². The van der Waals surface area contributed by atoms with Crippen LogP contribution in [0.1, 0.15) is 41.3 Å². The Bertz CT molecular complexity index is 1260. The molecule has 0 radical (unpaired) electrons. The van der Waals surface area contributed by atoms with E-state index >= 15 is 0 Å². The zero-order valence-electron chi connectivity index (χ0n) is 16.9. The van der Waals surface area contributed by atoms with Gasteiger partial charge in [-0.15, -0.1) is 0 Å². The number of nitrogens with zero attached hydrogens (tertiary/aromatic N) is 1. The molecule has 1 aromatic heterocycles. The van der Waals surface area contributed by atoms with Crippen LogP contribution in [0.25, 0.3) is 10.9 Å². The minimum Gasteiger partial charge on any atom is -0.481 e. The lowest BCUT2D eigenvalue weighted by Crippen LogP contribution is -2.45. The third-order valence-corrected chi connectivity index (χ3v) is 6.54. The summed E-state index contributed by atoms with van der Waals surface area (Å²) in [5.41, 5.74) is -0.683. The SMILES string of the molecule is Cc1cc2c(C(=O)NC(C)(CCC(=O)O)c3c(F)ccc(F)c3Cl)c(Br)ccc2nc1Cl. The number of halogens is 5. The van der Waals surface area contributed by atoms with Crippen molar-refractivity contribution < 1.29 is 23.5 Å². The number of aromatic nitrogens is 1. The Morgan fingerprint density at radius 1 is 1.19 bits per heavy atom. The number of carboxylic acids is 1. The fraction of sp³-hybridized carbons (Fsp3) is 0.227. The standard InChI is InChI=1S/C22H17BrCl2F2N2O3/c1-10-9-11-15(28-20(10)25)6-3-12(23)17(11)21(32)29-22(2,8-7-16(30)31)18-13(26)4-5-14(27)19(18)24/h3-6,9H,7-8H2,1-2H3,(H,29,32)(H,30,31). The fourth-order valence-electron chi connectivity index (χ4n) is 3.48. The van der Waals surface area contributed by atoms with Crippen molar-refractivity contribution in [2.24, 2.45) is 0 Å². The largest absolute Gasteiger partial charge is 0.481 e. The smallest absolute Gasteiger partial charge is 0.303 e. The van der Waals surface area contributed by atoms with Gasteiger partial charge in [-0.1, -0.05) is 23.2 Å². The van der Waals surface area contributed by atoms with E-state index in [4.69, 9.17) is 28.3 Å². The van der Waals surface area contributed by atoms with Crippen molar-refractivity contribution in [1.82, 2.24) is 10.3 Å². The van der Waals surface area contributed by atoms with Crippen molar-refractivity contribution in [3.63, 3.8) is 0 Å². The molecule has 1 atom stereocenters. The van der Waals surface area contributed by atoms with Crippen LogP contribution in [0.4, 0.5) is 8.78 Å². The molecule has 1 unspecified atom stereocenters. The quantitative estimate of drug-likeness (QED) is 0.277. The van der Waals surface area contributed by atoms with Gasteiger partial charge >= 0.3 is 5.97 Å². The normalized spacial score (nSPS) is 13.1. The summed E-state index contributed by atoms with van der Waals surface area (Å²) >= 11 is 15.5. The molecule has 0 saturated carbocycles.